The SMILES string of the molecule is CCOC(=O)C1=C(COC(=O)c2c(C)oc3ncn(C)c(=O)c23)NC(=O)NC1c1ccco1. The van der Waals surface area contributed by atoms with Gasteiger partial charge in [-0.2, -0.15) is 0 Å². The molecule has 3 aromatic heterocycles. The molecule has 33 heavy (non-hydrogen) atoms. The number of ether oxygens (including phenoxy) is 2. The average Bonchev–Trinajstić information content (AvgIpc) is 3.42. The van der Waals surface area contributed by atoms with E-state index < -0.39 is 36.2 Å². The average molecular weight is 456 g/mol. The Balaban J connectivity index is 1.69. The number of carbonyl (C=O) groups is 3. The summed E-state index contributed by atoms with van der Waals surface area (Å²) in [5, 5.41) is 5.05. The van der Waals surface area contributed by atoms with Crippen LogP contribution in [0.1, 0.15) is 34.8 Å². The molecular weight excluding hydrogens is 436 g/mol. The molecule has 0 saturated heterocycles. The predicted molar refractivity (Wildman–Crippen MR) is 111 cm³/mol. The molecule has 4 rings (SSSR count). The molecule has 1 unspecified atom stereocenters. The summed E-state index contributed by atoms with van der Waals surface area (Å²) in [5.41, 5.74) is -0.529. The smallest absolute Gasteiger partial charge is 0.343 e. The molecule has 0 aromatic carbocycles. The fourth-order valence-corrected chi connectivity index (χ4v) is 3.49. The molecule has 0 radical (unpaired) electrons. The number of hydrogen-bond acceptors (Lipinski definition) is 9. The summed E-state index contributed by atoms with van der Waals surface area (Å²) in [5.74, 6) is -1.16. The van der Waals surface area contributed by atoms with Crippen LogP contribution < -0.4 is 16.2 Å². The number of nitrogens with one attached hydrogen (secondary N) is 2. The van der Waals surface area contributed by atoms with E-state index in [-0.39, 0.29) is 40.3 Å². The van der Waals surface area contributed by atoms with E-state index in [1.807, 2.05) is 0 Å². The van der Waals surface area contributed by atoms with E-state index in [1.165, 1.54) is 31.1 Å². The number of urea groups is 1. The first-order chi connectivity index (χ1) is 15.8. The summed E-state index contributed by atoms with van der Waals surface area (Å²) in [6, 6.07) is 1.61. The van der Waals surface area contributed by atoms with Crippen LogP contribution >= 0.6 is 0 Å². The third kappa shape index (κ3) is 3.97. The number of amides is 2. The van der Waals surface area contributed by atoms with Gasteiger partial charge in [0.15, 0.2) is 0 Å². The Morgan fingerprint density at radius 2 is 2.03 bits per heavy atom. The highest BCUT2D eigenvalue weighted by molar-refractivity contribution is 6.03. The number of fused-ring (bicyclic) bond motifs is 1. The van der Waals surface area contributed by atoms with Crippen LogP contribution in [0.5, 0.6) is 0 Å². The van der Waals surface area contributed by atoms with E-state index in [0.717, 1.165) is 0 Å². The van der Waals surface area contributed by atoms with Crippen LogP contribution in [0.2, 0.25) is 0 Å². The van der Waals surface area contributed by atoms with Crippen LogP contribution in [0.15, 0.2) is 49.6 Å². The summed E-state index contributed by atoms with van der Waals surface area (Å²) >= 11 is 0. The number of rotatable bonds is 6. The molecule has 0 spiro atoms. The number of furan rings is 2. The van der Waals surface area contributed by atoms with Crippen LogP contribution in [-0.4, -0.2) is 40.7 Å². The van der Waals surface area contributed by atoms with E-state index in [2.05, 4.69) is 15.6 Å². The summed E-state index contributed by atoms with van der Waals surface area (Å²) < 4.78 is 22.5. The third-order valence-electron chi connectivity index (χ3n) is 4.98. The molecule has 1 aliphatic heterocycles. The van der Waals surface area contributed by atoms with Crippen molar-refractivity contribution < 1.29 is 32.7 Å². The fraction of sp³-hybridized carbons (Fsp3) is 0.286. The molecule has 2 N–H and O–H groups in total. The fourth-order valence-electron chi connectivity index (χ4n) is 3.49. The van der Waals surface area contributed by atoms with Crippen molar-refractivity contribution in [2.24, 2.45) is 7.05 Å². The van der Waals surface area contributed by atoms with Crippen LogP contribution in [0, 0.1) is 6.92 Å². The molecule has 12 heteroatoms. The molecule has 1 aliphatic rings. The van der Waals surface area contributed by atoms with E-state index in [0.29, 0.717) is 5.76 Å². The molecule has 12 nitrogen and oxygen atoms in total. The second-order valence-electron chi connectivity index (χ2n) is 7.11. The minimum atomic E-state index is -0.950. The Bertz CT molecular complexity index is 1330. The Morgan fingerprint density at radius 1 is 1.24 bits per heavy atom. The molecule has 4 heterocycles. The van der Waals surface area contributed by atoms with Gasteiger partial charge in [0.1, 0.15) is 41.4 Å². The molecule has 0 saturated carbocycles. The first-order valence-corrected chi connectivity index (χ1v) is 9.94. The van der Waals surface area contributed by atoms with Crippen molar-refractivity contribution in [3.8, 4) is 0 Å². The van der Waals surface area contributed by atoms with Crippen molar-refractivity contribution in [2.75, 3.05) is 13.2 Å². The zero-order chi connectivity index (χ0) is 23.7. The Hall–Kier alpha value is -4.35. The van der Waals surface area contributed by atoms with Gasteiger partial charge in [-0.3, -0.25) is 4.79 Å². The Kier molecular flexibility index (Phi) is 5.73. The monoisotopic (exact) mass is 456 g/mol. The van der Waals surface area contributed by atoms with Gasteiger partial charge >= 0.3 is 18.0 Å². The van der Waals surface area contributed by atoms with Gasteiger partial charge in [-0.05, 0) is 26.0 Å². The van der Waals surface area contributed by atoms with Crippen LogP contribution in [-0.2, 0) is 21.3 Å². The standard InChI is InChI=1S/C21H20N4O8/c1-4-30-20(28)14-11(23-21(29)24-16(14)12-6-5-7-31-12)8-32-19(27)13-10(2)33-17-15(13)18(26)25(3)9-22-17/h5-7,9,16H,4,8H2,1-3H3,(H2,23,24,29). The lowest BCUT2D eigenvalue weighted by molar-refractivity contribution is -0.139. The molecule has 0 fully saturated rings. The van der Waals surface area contributed by atoms with Gasteiger partial charge in [0.05, 0.1) is 24.1 Å². The normalized spacial score (nSPS) is 15.8. The molecule has 2 amide bonds. The van der Waals surface area contributed by atoms with E-state index in [4.69, 9.17) is 18.3 Å². The van der Waals surface area contributed by atoms with Crippen molar-refractivity contribution in [1.82, 2.24) is 20.2 Å². The minimum absolute atomic E-state index is 0.00188. The lowest BCUT2D eigenvalue weighted by atomic mass is 10.0. The lowest BCUT2D eigenvalue weighted by Gasteiger charge is -2.27. The number of aromatic nitrogens is 2. The molecule has 0 aliphatic carbocycles. The molecule has 1 atom stereocenters. The molecule has 0 bridgehead atoms. The van der Waals surface area contributed by atoms with E-state index in [9.17, 15) is 19.2 Å². The van der Waals surface area contributed by atoms with Crippen LogP contribution in [0.3, 0.4) is 0 Å². The topological polar surface area (TPSA) is 155 Å². The number of hydrogen-bond donors (Lipinski definition) is 2. The van der Waals surface area contributed by atoms with Gasteiger partial charge in [-0.1, -0.05) is 0 Å². The first kappa shape index (κ1) is 21.9. The Labute approximate surface area is 186 Å². The predicted octanol–water partition coefficient (Wildman–Crippen LogP) is 1.46. The van der Waals surface area contributed by atoms with Crippen LogP contribution in [0.25, 0.3) is 11.1 Å². The maximum absolute atomic E-state index is 12.9. The van der Waals surface area contributed by atoms with Crippen molar-refractivity contribution in [1.29, 1.82) is 0 Å². The van der Waals surface area contributed by atoms with E-state index >= 15 is 0 Å². The zero-order valence-corrected chi connectivity index (χ0v) is 18.0. The quantitative estimate of drug-likeness (QED) is 0.524. The highest BCUT2D eigenvalue weighted by atomic mass is 16.5. The van der Waals surface area contributed by atoms with Gasteiger partial charge in [0.2, 0.25) is 5.71 Å². The van der Waals surface area contributed by atoms with Crippen LogP contribution in [0.4, 0.5) is 4.79 Å². The van der Waals surface area contributed by atoms with Crippen molar-refractivity contribution in [3.63, 3.8) is 0 Å². The largest absolute Gasteiger partial charge is 0.467 e. The summed E-state index contributed by atoms with van der Waals surface area (Å²) in [6.07, 6.45) is 2.67. The minimum Gasteiger partial charge on any atom is -0.467 e. The number of carbonyl (C=O) groups excluding carboxylic acids is 3. The van der Waals surface area contributed by atoms with Crippen molar-refractivity contribution in [2.45, 2.75) is 19.9 Å². The number of nitrogens with zero attached hydrogens (tertiary/aromatic N) is 2. The maximum Gasteiger partial charge on any atom is 0.343 e. The van der Waals surface area contributed by atoms with Crippen molar-refractivity contribution >= 4 is 29.1 Å². The molecular formula is C21H20N4O8. The highest BCUT2D eigenvalue weighted by Crippen LogP contribution is 2.29. The third-order valence-corrected chi connectivity index (χ3v) is 4.98. The zero-order valence-electron chi connectivity index (χ0n) is 18.0. The second-order valence-corrected chi connectivity index (χ2v) is 7.11. The van der Waals surface area contributed by atoms with Gasteiger partial charge in [0.25, 0.3) is 5.56 Å². The summed E-state index contributed by atoms with van der Waals surface area (Å²) in [7, 11) is 1.49. The highest BCUT2D eigenvalue weighted by Gasteiger charge is 2.36. The van der Waals surface area contributed by atoms with Gasteiger partial charge in [-0.15, -0.1) is 0 Å². The van der Waals surface area contributed by atoms with Gasteiger partial charge in [0, 0.05) is 7.05 Å². The van der Waals surface area contributed by atoms with Gasteiger partial charge < -0.3 is 33.5 Å². The number of esters is 2. The van der Waals surface area contributed by atoms with Gasteiger partial charge in [-0.25, -0.2) is 19.4 Å². The first-order valence-electron chi connectivity index (χ1n) is 9.94. The number of aryl methyl sites for hydroxylation is 2. The Morgan fingerprint density at radius 3 is 2.73 bits per heavy atom. The summed E-state index contributed by atoms with van der Waals surface area (Å²) in [4.78, 5) is 54.3. The lowest BCUT2D eigenvalue weighted by Crippen LogP contribution is -2.47. The molecule has 172 valence electrons. The second kappa shape index (κ2) is 8.65. The van der Waals surface area contributed by atoms with E-state index in [1.54, 1.807) is 19.1 Å². The van der Waals surface area contributed by atoms with Crippen molar-refractivity contribution in [3.05, 3.63) is 63.4 Å². The maximum atomic E-state index is 12.9. The summed E-state index contributed by atoms with van der Waals surface area (Å²) in [6.45, 7) is 2.74. The molecule has 3 aromatic rings.